The van der Waals surface area contributed by atoms with Crippen molar-refractivity contribution < 1.29 is 4.74 Å². The van der Waals surface area contributed by atoms with E-state index in [0.29, 0.717) is 11.8 Å². The average molecular weight is 360 g/mol. The van der Waals surface area contributed by atoms with Crippen LogP contribution in [0.1, 0.15) is 63.5 Å². The van der Waals surface area contributed by atoms with Crippen LogP contribution in [0, 0.1) is 20.8 Å². The Morgan fingerprint density at radius 2 is 1.89 bits per heavy atom. The number of nitrogens with one attached hydrogen (secondary N) is 1. The van der Waals surface area contributed by atoms with Crippen LogP contribution in [0.4, 0.5) is 5.69 Å². The Labute approximate surface area is 159 Å². The van der Waals surface area contributed by atoms with Crippen LogP contribution in [0.5, 0.6) is 11.8 Å². The van der Waals surface area contributed by atoms with Gasteiger partial charge in [-0.25, -0.2) is 4.98 Å². The highest BCUT2D eigenvalue weighted by molar-refractivity contribution is 5.69. The van der Waals surface area contributed by atoms with E-state index in [1.54, 1.807) is 0 Å². The van der Waals surface area contributed by atoms with Crippen molar-refractivity contribution >= 4 is 5.69 Å². The highest BCUT2D eigenvalue weighted by Crippen LogP contribution is 2.51. The van der Waals surface area contributed by atoms with Crippen LogP contribution in [0.2, 0.25) is 0 Å². The van der Waals surface area contributed by atoms with Gasteiger partial charge in [-0.2, -0.15) is 0 Å². The number of nitrogens with two attached hydrogens (primary N) is 1. The zero-order chi connectivity index (χ0) is 18.7. The molecule has 2 aromatic heterocycles. The zero-order valence-electron chi connectivity index (χ0n) is 16.0. The van der Waals surface area contributed by atoms with Crippen molar-refractivity contribution in [1.29, 1.82) is 0 Å². The van der Waals surface area contributed by atoms with Crippen LogP contribution in [0.25, 0.3) is 0 Å². The number of anilines is 1. The molecule has 3 N–H and O–H groups in total. The first kappa shape index (κ1) is 16.4. The SMILES string of the molecule is Cc1ccc(C2c3c(n[nH]c3C)Oc3nc4c(c(N)c32)CCCC4)c(C)c1. The van der Waals surface area contributed by atoms with Crippen molar-refractivity contribution in [3.8, 4) is 11.8 Å². The summed E-state index contributed by atoms with van der Waals surface area (Å²) in [6.07, 6.45) is 4.29. The number of aryl methyl sites for hydroxylation is 4. The number of ether oxygens (including phenoxy) is 1. The number of fused-ring (bicyclic) bond motifs is 3. The fourth-order valence-electron chi connectivity index (χ4n) is 4.65. The fourth-order valence-corrected chi connectivity index (χ4v) is 4.65. The first-order chi connectivity index (χ1) is 13.0. The smallest absolute Gasteiger partial charge is 0.244 e. The minimum Gasteiger partial charge on any atom is -0.418 e. The second kappa shape index (κ2) is 5.84. The number of nitrogen functional groups attached to an aromatic ring is 1. The van der Waals surface area contributed by atoms with Gasteiger partial charge >= 0.3 is 0 Å². The topological polar surface area (TPSA) is 76.8 Å². The Balaban J connectivity index is 1.81. The lowest BCUT2D eigenvalue weighted by Gasteiger charge is -2.30. The summed E-state index contributed by atoms with van der Waals surface area (Å²) >= 11 is 0. The van der Waals surface area contributed by atoms with Gasteiger partial charge in [0.25, 0.3) is 0 Å². The Morgan fingerprint density at radius 3 is 2.70 bits per heavy atom. The summed E-state index contributed by atoms with van der Waals surface area (Å²) in [4.78, 5) is 4.89. The lowest BCUT2D eigenvalue weighted by Crippen LogP contribution is -2.20. The molecule has 5 rings (SSSR count). The van der Waals surface area contributed by atoms with E-state index in [9.17, 15) is 0 Å². The molecular formula is C22H24N4O. The van der Waals surface area contributed by atoms with E-state index in [2.05, 4.69) is 42.2 Å². The predicted molar refractivity (Wildman–Crippen MR) is 106 cm³/mol. The molecule has 0 spiro atoms. The maximum Gasteiger partial charge on any atom is 0.244 e. The second-order valence-electron chi connectivity index (χ2n) is 7.84. The molecule has 3 heterocycles. The molecule has 2 aliphatic rings. The van der Waals surface area contributed by atoms with E-state index in [4.69, 9.17) is 15.5 Å². The quantitative estimate of drug-likeness (QED) is 0.525. The average Bonchev–Trinajstić information content (AvgIpc) is 3.01. The molecule has 1 aromatic carbocycles. The maximum atomic E-state index is 6.76. The van der Waals surface area contributed by atoms with E-state index >= 15 is 0 Å². The number of benzene rings is 1. The van der Waals surface area contributed by atoms with Crippen molar-refractivity contribution in [3.05, 3.63) is 63.0 Å². The summed E-state index contributed by atoms with van der Waals surface area (Å²) in [5, 5.41) is 7.48. The molecule has 1 atom stereocenters. The second-order valence-corrected chi connectivity index (χ2v) is 7.84. The van der Waals surface area contributed by atoms with Crippen LogP contribution in [-0.4, -0.2) is 15.2 Å². The Kier molecular flexibility index (Phi) is 3.54. The first-order valence-electron chi connectivity index (χ1n) is 9.65. The highest BCUT2D eigenvalue weighted by atomic mass is 16.5. The van der Waals surface area contributed by atoms with Gasteiger partial charge in [0.15, 0.2) is 0 Å². The van der Waals surface area contributed by atoms with Gasteiger partial charge in [-0.3, -0.25) is 5.10 Å². The predicted octanol–water partition coefficient (Wildman–Crippen LogP) is 4.48. The van der Waals surface area contributed by atoms with E-state index in [1.807, 2.05) is 6.92 Å². The number of pyridine rings is 1. The number of aromatic nitrogens is 3. The number of nitrogens with zero attached hydrogens (tertiary/aromatic N) is 2. The van der Waals surface area contributed by atoms with Crippen molar-refractivity contribution in [1.82, 2.24) is 15.2 Å². The number of H-pyrrole nitrogens is 1. The molecule has 27 heavy (non-hydrogen) atoms. The van der Waals surface area contributed by atoms with E-state index in [-0.39, 0.29) is 5.92 Å². The first-order valence-corrected chi connectivity index (χ1v) is 9.65. The number of rotatable bonds is 1. The number of hydrogen-bond donors (Lipinski definition) is 2. The molecule has 0 fully saturated rings. The van der Waals surface area contributed by atoms with Crippen LogP contribution < -0.4 is 10.5 Å². The van der Waals surface area contributed by atoms with Crippen LogP contribution in [0.15, 0.2) is 18.2 Å². The van der Waals surface area contributed by atoms with Gasteiger partial charge < -0.3 is 10.5 Å². The summed E-state index contributed by atoms with van der Waals surface area (Å²) < 4.78 is 6.13. The molecule has 0 radical (unpaired) electrons. The molecule has 3 aromatic rings. The third-order valence-electron chi connectivity index (χ3n) is 5.99. The van der Waals surface area contributed by atoms with Crippen LogP contribution in [-0.2, 0) is 12.8 Å². The van der Waals surface area contributed by atoms with Gasteiger partial charge in [0, 0.05) is 28.6 Å². The normalized spacial score (nSPS) is 17.7. The molecule has 0 saturated heterocycles. The molecule has 0 saturated carbocycles. The zero-order valence-corrected chi connectivity index (χ0v) is 16.0. The molecule has 0 bridgehead atoms. The molecule has 138 valence electrons. The fraction of sp³-hybridized carbons (Fsp3) is 0.364. The van der Waals surface area contributed by atoms with E-state index in [1.165, 1.54) is 28.7 Å². The summed E-state index contributed by atoms with van der Waals surface area (Å²) in [5.74, 6) is 1.23. The summed E-state index contributed by atoms with van der Waals surface area (Å²) in [6, 6.07) is 6.59. The van der Waals surface area contributed by atoms with Crippen molar-refractivity contribution in [2.45, 2.75) is 52.4 Å². The molecule has 0 amide bonds. The van der Waals surface area contributed by atoms with Gasteiger partial charge in [0.05, 0.1) is 5.56 Å². The lowest BCUT2D eigenvalue weighted by molar-refractivity contribution is 0.414. The third kappa shape index (κ3) is 2.37. The molecule has 5 heteroatoms. The number of aromatic amines is 1. The van der Waals surface area contributed by atoms with Crippen molar-refractivity contribution in [2.75, 3.05) is 5.73 Å². The molecule has 1 aliphatic carbocycles. The van der Waals surface area contributed by atoms with Gasteiger partial charge in [0.2, 0.25) is 11.8 Å². The van der Waals surface area contributed by atoms with Crippen LogP contribution in [0.3, 0.4) is 0 Å². The van der Waals surface area contributed by atoms with Crippen LogP contribution >= 0.6 is 0 Å². The largest absolute Gasteiger partial charge is 0.418 e. The maximum absolute atomic E-state index is 6.76. The monoisotopic (exact) mass is 360 g/mol. The van der Waals surface area contributed by atoms with Crippen molar-refractivity contribution in [3.63, 3.8) is 0 Å². The van der Waals surface area contributed by atoms with Gasteiger partial charge in [-0.05, 0) is 63.1 Å². The Hall–Kier alpha value is -2.82. The molecule has 1 aliphatic heterocycles. The van der Waals surface area contributed by atoms with Gasteiger partial charge in [-0.1, -0.05) is 23.8 Å². The molecule has 1 unspecified atom stereocenters. The van der Waals surface area contributed by atoms with Crippen molar-refractivity contribution in [2.24, 2.45) is 0 Å². The van der Waals surface area contributed by atoms with E-state index < -0.39 is 0 Å². The van der Waals surface area contributed by atoms with E-state index in [0.717, 1.165) is 47.5 Å². The minimum absolute atomic E-state index is 0.0113. The molecule has 5 nitrogen and oxygen atoms in total. The highest BCUT2D eigenvalue weighted by Gasteiger charge is 2.37. The minimum atomic E-state index is -0.0113. The lowest BCUT2D eigenvalue weighted by atomic mass is 9.79. The Bertz CT molecular complexity index is 1070. The third-order valence-corrected chi connectivity index (χ3v) is 5.99. The summed E-state index contributed by atoms with van der Waals surface area (Å²) in [5.41, 5.74) is 16.7. The Morgan fingerprint density at radius 1 is 1.07 bits per heavy atom. The summed E-state index contributed by atoms with van der Waals surface area (Å²) in [7, 11) is 0. The summed E-state index contributed by atoms with van der Waals surface area (Å²) in [6.45, 7) is 6.32. The van der Waals surface area contributed by atoms with Gasteiger partial charge in [-0.15, -0.1) is 5.10 Å². The molecular weight excluding hydrogens is 336 g/mol. The van der Waals surface area contributed by atoms with Gasteiger partial charge in [0.1, 0.15) is 0 Å². The number of hydrogen-bond acceptors (Lipinski definition) is 4. The standard InChI is InChI=1S/C22H24N4O/c1-11-8-9-14(12(2)10-11)18-17-13(3)25-26-22(17)27-21-19(18)20(23)15-6-4-5-7-16(15)24-21/h8-10,18H,4-7H2,1-3H3,(H2,23,24)(H,25,26).